The van der Waals surface area contributed by atoms with Crippen molar-refractivity contribution in [3.05, 3.63) is 29.6 Å². The molecule has 25 heavy (non-hydrogen) atoms. The predicted octanol–water partition coefficient (Wildman–Crippen LogP) is 3.45. The van der Waals surface area contributed by atoms with E-state index in [1.54, 1.807) is 0 Å². The highest BCUT2D eigenvalue weighted by atomic mass is 19.2. The average molecular weight is 357 g/mol. The number of hydrogen-bond donors (Lipinski definition) is 3. The van der Waals surface area contributed by atoms with E-state index in [0.29, 0.717) is 6.07 Å². The summed E-state index contributed by atoms with van der Waals surface area (Å²) in [6.45, 7) is -0.406. The number of hydrogen-bond acceptors (Lipinski definition) is 2. The molecular formula is C17H22F3N3O2. The number of urea groups is 1. The lowest BCUT2D eigenvalue weighted by atomic mass is 9.97. The van der Waals surface area contributed by atoms with E-state index in [-0.39, 0.29) is 6.04 Å². The number of nitrogens with one attached hydrogen (secondary N) is 3. The predicted molar refractivity (Wildman–Crippen MR) is 87.6 cm³/mol. The highest BCUT2D eigenvalue weighted by Crippen LogP contribution is 2.19. The maximum atomic E-state index is 13.5. The second-order valence-electron chi connectivity index (χ2n) is 6.14. The van der Waals surface area contributed by atoms with Crippen molar-refractivity contribution < 1.29 is 22.8 Å². The van der Waals surface area contributed by atoms with Crippen LogP contribution in [0.25, 0.3) is 0 Å². The van der Waals surface area contributed by atoms with E-state index >= 15 is 0 Å². The van der Waals surface area contributed by atoms with E-state index in [9.17, 15) is 22.8 Å². The Morgan fingerprint density at radius 3 is 2.28 bits per heavy atom. The van der Waals surface area contributed by atoms with Crippen LogP contribution in [0.1, 0.15) is 44.9 Å². The smallest absolute Gasteiger partial charge is 0.315 e. The molecule has 1 aromatic rings. The van der Waals surface area contributed by atoms with Gasteiger partial charge in [-0.3, -0.25) is 4.79 Å². The molecule has 0 saturated heterocycles. The molecule has 1 fully saturated rings. The zero-order valence-electron chi connectivity index (χ0n) is 13.8. The van der Waals surface area contributed by atoms with Gasteiger partial charge in [0.05, 0.1) is 12.2 Å². The van der Waals surface area contributed by atoms with Crippen LogP contribution >= 0.6 is 0 Å². The van der Waals surface area contributed by atoms with Gasteiger partial charge >= 0.3 is 6.03 Å². The highest BCUT2D eigenvalue weighted by molar-refractivity contribution is 5.94. The Labute approximate surface area is 144 Å². The third-order valence-electron chi connectivity index (χ3n) is 4.16. The SMILES string of the molecule is O=C(CNC(=O)NC1CCCCCCC1)Nc1ccc(F)c(F)c1F. The Hall–Kier alpha value is -2.25. The molecule has 1 aliphatic rings. The summed E-state index contributed by atoms with van der Waals surface area (Å²) in [5.74, 6) is -5.22. The van der Waals surface area contributed by atoms with E-state index in [0.717, 1.165) is 44.6 Å². The lowest BCUT2D eigenvalue weighted by molar-refractivity contribution is -0.115. The van der Waals surface area contributed by atoms with Crippen molar-refractivity contribution in [1.29, 1.82) is 0 Å². The number of carbonyl (C=O) groups excluding carboxylic acids is 2. The number of benzene rings is 1. The van der Waals surface area contributed by atoms with Crippen LogP contribution < -0.4 is 16.0 Å². The molecule has 1 saturated carbocycles. The molecular weight excluding hydrogens is 335 g/mol. The van der Waals surface area contributed by atoms with E-state index in [1.807, 2.05) is 0 Å². The molecule has 8 heteroatoms. The average Bonchev–Trinajstić information content (AvgIpc) is 2.56. The van der Waals surface area contributed by atoms with Crippen LogP contribution in [0.4, 0.5) is 23.7 Å². The van der Waals surface area contributed by atoms with Gasteiger partial charge in [0, 0.05) is 6.04 Å². The van der Waals surface area contributed by atoms with Gasteiger partial charge < -0.3 is 16.0 Å². The summed E-state index contributed by atoms with van der Waals surface area (Å²) in [6.07, 6.45) is 7.45. The molecule has 0 radical (unpaired) electrons. The van der Waals surface area contributed by atoms with E-state index in [1.165, 1.54) is 6.42 Å². The lowest BCUT2D eigenvalue weighted by Gasteiger charge is -2.21. The van der Waals surface area contributed by atoms with Gasteiger partial charge in [-0.2, -0.15) is 0 Å². The van der Waals surface area contributed by atoms with Crippen molar-refractivity contribution in [3.8, 4) is 0 Å². The first-order chi connectivity index (χ1) is 12.0. The third-order valence-corrected chi connectivity index (χ3v) is 4.16. The van der Waals surface area contributed by atoms with Crippen molar-refractivity contribution in [2.75, 3.05) is 11.9 Å². The molecule has 0 atom stereocenters. The number of amides is 3. The molecule has 0 unspecified atom stereocenters. The maximum Gasteiger partial charge on any atom is 0.315 e. The maximum absolute atomic E-state index is 13.5. The molecule has 0 bridgehead atoms. The van der Waals surface area contributed by atoms with Crippen molar-refractivity contribution in [2.24, 2.45) is 0 Å². The summed E-state index contributed by atoms with van der Waals surface area (Å²) in [4.78, 5) is 23.6. The van der Waals surface area contributed by atoms with Gasteiger partial charge in [-0.1, -0.05) is 32.1 Å². The number of halogens is 3. The van der Waals surface area contributed by atoms with Crippen LogP contribution in [0.5, 0.6) is 0 Å². The fourth-order valence-electron chi connectivity index (χ4n) is 2.81. The molecule has 0 aromatic heterocycles. The summed E-state index contributed by atoms with van der Waals surface area (Å²) < 4.78 is 39.4. The first-order valence-corrected chi connectivity index (χ1v) is 8.45. The van der Waals surface area contributed by atoms with Crippen molar-refractivity contribution >= 4 is 17.6 Å². The molecule has 3 N–H and O–H groups in total. The summed E-state index contributed by atoms with van der Waals surface area (Å²) >= 11 is 0. The number of anilines is 1. The van der Waals surface area contributed by atoms with Crippen LogP contribution in [0.2, 0.25) is 0 Å². The van der Waals surface area contributed by atoms with Crippen LogP contribution in [-0.4, -0.2) is 24.5 Å². The minimum Gasteiger partial charge on any atom is -0.335 e. The molecule has 3 amide bonds. The van der Waals surface area contributed by atoms with Gasteiger partial charge in [-0.05, 0) is 25.0 Å². The minimum absolute atomic E-state index is 0.0759. The Bertz CT molecular complexity index is 617. The minimum atomic E-state index is -1.66. The molecule has 0 spiro atoms. The van der Waals surface area contributed by atoms with Crippen molar-refractivity contribution in [2.45, 2.75) is 51.0 Å². The molecule has 0 heterocycles. The van der Waals surface area contributed by atoms with E-state index in [2.05, 4.69) is 16.0 Å². The Morgan fingerprint density at radius 2 is 1.60 bits per heavy atom. The van der Waals surface area contributed by atoms with Gasteiger partial charge in [0.2, 0.25) is 5.91 Å². The van der Waals surface area contributed by atoms with Crippen LogP contribution in [0, 0.1) is 17.5 Å². The molecule has 0 aliphatic heterocycles. The summed E-state index contributed by atoms with van der Waals surface area (Å²) in [5, 5.41) is 7.29. The van der Waals surface area contributed by atoms with Gasteiger partial charge in [0.1, 0.15) is 0 Å². The fourth-order valence-corrected chi connectivity index (χ4v) is 2.81. The molecule has 2 rings (SSSR count). The second kappa shape index (κ2) is 9.29. The quantitative estimate of drug-likeness (QED) is 0.723. The second-order valence-corrected chi connectivity index (χ2v) is 6.14. The van der Waals surface area contributed by atoms with Crippen LogP contribution in [0.3, 0.4) is 0 Å². The first-order valence-electron chi connectivity index (χ1n) is 8.45. The fraction of sp³-hybridized carbons (Fsp3) is 0.529. The summed E-state index contributed by atoms with van der Waals surface area (Å²) in [5.41, 5.74) is -0.480. The third kappa shape index (κ3) is 5.95. The topological polar surface area (TPSA) is 70.2 Å². The molecule has 5 nitrogen and oxygen atoms in total. The van der Waals surface area contributed by atoms with Crippen molar-refractivity contribution in [3.63, 3.8) is 0 Å². The molecule has 138 valence electrons. The van der Waals surface area contributed by atoms with E-state index in [4.69, 9.17) is 0 Å². The largest absolute Gasteiger partial charge is 0.335 e. The number of rotatable bonds is 4. The Morgan fingerprint density at radius 1 is 0.960 bits per heavy atom. The normalized spacial score (nSPS) is 15.8. The van der Waals surface area contributed by atoms with Gasteiger partial charge in [-0.25, -0.2) is 18.0 Å². The van der Waals surface area contributed by atoms with Gasteiger partial charge in [-0.15, -0.1) is 0 Å². The van der Waals surface area contributed by atoms with Crippen LogP contribution in [-0.2, 0) is 4.79 Å². The van der Waals surface area contributed by atoms with Crippen LogP contribution in [0.15, 0.2) is 12.1 Å². The monoisotopic (exact) mass is 357 g/mol. The summed E-state index contributed by atoms with van der Waals surface area (Å²) in [7, 11) is 0. The van der Waals surface area contributed by atoms with Crippen molar-refractivity contribution in [1.82, 2.24) is 10.6 Å². The standard InChI is InChI=1S/C17H22F3N3O2/c18-12-8-9-13(16(20)15(12)19)23-14(24)10-21-17(25)22-11-6-4-2-1-3-5-7-11/h8-9,11H,1-7,10H2,(H,23,24)(H2,21,22,25). The molecule has 1 aromatic carbocycles. The summed E-state index contributed by atoms with van der Waals surface area (Å²) in [6, 6.07) is 1.22. The first kappa shape index (κ1) is 19.1. The zero-order valence-corrected chi connectivity index (χ0v) is 13.8. The number of carbonyl (C=O) groups is 2. The van der Waals surface area contributed by atoms with Gasteiger partial charge in [0.25, 0.3) is 0 Å². The Kier molecular flexibility index (Phi) is 7.09. The Balaban J connectivity index is 1.77. The molecule has 1 aliphatic carbocycles. The lowest BCUT2D eigenvalue weighted by Crippen LogP contribution is -2.44. The van der Waals surface area contributed by atoms with E-state index < -0.39 is 41.6 Å². The van der Waals surface area contributed by atoms with Gasteiger partial charge in [0.15, 0.2) is 17.5 Å². The zero-order chi connectivity index (χ0) is 18.2. The highest BCUT2D eigenvalue weighted by Gasteiger charge is 2.17.